The number of carbonyl (C=O) groups is 3. The van der Waals surface area contributed by atoms with Crippen molar-refractivity contribution < 1.29 is 23.5 Å². The number of hydrogen-bond acceptors (Lipinski definition) is 5. The van der Waals surface area contributed by atoms with Gasteiger partial charge < -0.3 is 19.4 Å². The zero-order valence-corrected chi connectivity index (χ0v) is 19.8. The number of carbonyl (C=O) groups excluding carboxylic acids is 3. The standard InChI is InChI=1S/C28H28N2O5/c1-3-34-28(33)26-19(2)30(25(31)16-23(26)21-12-8-5-9-13-21)18-22-14-15-24(35-22)27(32)29-17-20-10-6-4-7-11-20/h4-15,23H,3,16-18H2,1-2H3,(H,29,32). The van der Waals surface area contributed by atoms with E-state index in [0.29, 0.717) is 23.6 Å². The van der Waals surface area contributed by atoms with Gasteiger partial charge in [-0.05, 0) is 37.1 Å². The Bertz CT molecular complexity index is 1230. The number of benzene rings is 2. The van der Waals surface area contributed by atoms with Crippen LogP contribution in [0.2, 0.25) is 0 Å². The summed E-state index contributed by atoms with van der Waals surface area (Å²) in [4.78, 5) is 40.1. The summed E-state index contributed by atoms with van der Waals surface area (Å²) in [6, 6.07) is 22.3. The minimum Gasteiger partial charge on any atom is -0.463 e. The SMILES string of the molecule is CCOC(=O)C1=C(C)N(Cc2ccc(C(=O)NCc3ccccc3)o2)C(=O)CC1c1ccccc1. The van der Waals surface area contributed by atoms with E-state index in [9.17, 15) is 14.4 Å². The van der Waals surface area contributed by atoms with E-state index in [0.717, 1.165) is 11.1 Å². The highest BCUT2D eigenvalue weighted by Gasteiger charge is 2.37. The Hall–Kier alpha value is -4.13. The van der Waals surface area contributed by atoms with Crippen molar-refractivity contribution in [2.75, 3.05) is 6.61 Å². The fourth-order valence-electron chi connectivity index (χ4n) is 4.25. The summed E-state index contributed by atoms with van der Waals surface area (Å²) < 4.78 is 11.1. The normalized spacial score (nSPS) is 15.8. The van der Waals surface area contributed by atoms with Crippen LogP contribution in [0.3, 0.4) is 0 Å². The van der Waals surface area contributed by atoms with E-state index in [-0.39, 0.29) is 43.1 Å². The molecule has 2 heterocycles. The fourth-order valence-corrected chi connectivity index (χ4v) is 4.25. The predicted molar refractivity (Wildman–Crippen MR) is 130 cm³/mol. The monoisotopic (exact) mass is 472 g/mol. The van der Waals surface area contributed by atoms with Gasteiger partial charge in [-0.1, -0.05) is 60.7 Å². The van der Waals surface area contributed by atoms with Gasteiger partial charge in [0.1, 0.15) is 5.76 Å². The average molecular weight is 473 g/mol. The summed E-state index contributed by atoms with van der Waals surface area (Å²) in [6.45, 7) is 4.23. The van der Waals surface area contributed by atoms with Gasteiger partial charge in [0.25, 0.3) is 5.91 Å². The molecule has 2 aromatic carbocycles. The first kappa shape index (κ1) is 24.0. The quantitative estimate of drug-likeness (QED) is 0.486. The molecule has 0 saturated carbocycles. The lowest BCUT2D eigenvalue weighted by Crippen LogP contribution is -2.38. The van der Waals surface area contributed by atoms with Crippen LogP contribution in [0.25, 0.3) is 0 Å². The maximum atomic E-state index is 13.1. The molecule has 1 aliphatic heterocycles. The van der Waals surface area contributed by atoms with E-state index < -0.39 is 5.97 Å². The summed E-state index contributed by atoms with van der Waals surface area (Å²) in [6.07, 6.45) is 0.140. The van der Waals surface area contributed by atoms with Crippen LogP contribution in [0, 0.1) is 0 Å². The van der Waals surface area contributed by atoms with Crippen LogP contribution in [-0.4, -0.2) is 29.3 Å². The predicted octanol–water partition coefficient (Wildman–Crippen LogP) is 4.56. The molecule has 3 aromatic rings. The maximum Gasteiger partial charge on any atom is 0.336 e. The van der Waals surface area contributed by atoms with Crippen LogP contribution < -0.4 is 5.32 Å². The molecule has 1 atom stereocenters. The number of esters is 1. The lowest BCUT2D eigenvalue weighted by Gasteiger charge is -2.34. The van der Waals surface area contributed by atoms with Crippen molar-refractivity contribution in [3.05, 3.63) is 107 Å². The molecular weight excluding hydrogens is 444 g/mol. The minimum atomic E-state index is -0.434. The molecule has 7 heteroatoms. The van der Waals surface area contributed by atoms with Crippen LogP contribution in [0.4, 0.5) is 0 Å². The highest BCUT2D eigenvalue weighted by atomic mass is 16.5. The van der Waals surface area contributed by atoms with Gasteiger partial charge in [0.15, 0.2) is 5.76 Å². The lowest BCUT2D eigenvalue weighted by atomic mass is 9.83. The van der Waals surface area contributed by atoms with Crippen LogP contribution in [-0.2, 0) is 27.4 Å². The molecule has 0 aliphatic carbocycles. The van der Waals surface area contributed by atoms with Crippen molar-refractivity contribution in [3.63, 3.8) is 0 Å². The van der Waals surface area contributed by atoms with Gasteiger partial charge in [-0.15, -0.1) is 0 Å². The van der Waals surface area contributed by atoms with E-state index in [2.05, 4.69) is 5.32 Å². The van der Waals surface area contributed by atoms with Gasteiger partial charge in [-0.25, -0.2) is 4.79 Å². The number of nitrogens with zero attached hydrogens (tertiary/aromatic N) is 1. The van der Waals surface area contributed by atoms with Gasteiger partial charge in [-0.3, -0.25) is 9.59 Å². The van der Waals surface area contributed by atoms with Crippen molar-refractivity contribution in [2.24, 2.45) is 0 Å². The number of rotatable bonds is 8. The summed E-state index contributed by atoms with van der Waals surface area (Å²) in [5.74, 6) is -0.671. The Morgan fingerprint density at radius 1 is 1.03 bits per heavy atom. The smallest absolute Gasteiger partial charge is 0.336 e. The van der Waals surface area contributed by atoms with Gasteiger partial charge in [0.05, 0.1) is 18.7 Å². The number of furan rings is 1. The summed E-state index contributed by atoms with van der Waals surface area (Å²) in [5, 5.41) is 2.83. The molecule has 1 unspecified atom stereocenters. The number of amides is 2. The molecule has 0 radical (unpaired) electrons. The van der Waals surface area contributed by atoms with Crippen molar-refractivity contribution in [1.82, 2.24) is 10.2 Å². The molecule has 1 N–H and O–H groups in total. The maximum absolute atomic E-state index is 13.1. The number of allylic oxidation sites excluding steroid dienone is 1. The third-order valence-electron chi connectivity index (χ3n) is 6.02. The van der Waals surface area contributed by atoms with Gasteiger partial charge in [-0.2, -0.15) is 0 Å². The van der Waals surface area contributed by atoms with E-state index in [1.807, 2.05) is 60.7 Å². The lowest BCUT2D eigenvalue weighted by molar-refractivity contribution is -0.140. The molecule has 2 amide bonds. The molecule has 4 rings (SSSR count). The average Bonchev–Trinajstić information content (AvgIpc) is 3.35. The van der Waals surface area contributed by atoms with Crippen molar-refractivity contribution in [1.29, 1.82) is 0 Å². The molecule has 0 saturated heterocycles. The third-order valence-corrected chi connectivity index (χ3v) is 6.02. The van der Waals surface area contributed by atoms with Crippen molar-refractivity contribution >= 4 is 17.8 Å². The Labute approximate surface area is 204 Å². The first-order chi connectivity index (χ1) is 17.0. The molecule has 35 heavy (non-hydrogen) atoms. The highest BCUT2D eigenvalue weighted by Crippen LogP contribution is 2.37. The van der Waals surface area contributed by atoms with Gasteiger partial charge in [0, 0.05) is 24.6 Å². The first-order valence-electron chi connectivity index (χ1n) is 11.6. The summed E-state index contributed by atoms with van der Waals surface area (Å²) >= 11 is 0. The molecule has 0 bridgehead atoms. The zero-order chi connectivity index (χ0) is 24.8. The molecule has 1 aliphatic rings. The topological polar surface area (TPSA) is 88.8 Å². The molecule has 180 valence electrons. The molecule has 0 spiro atoms. The van der Waals surface area contributed by atoms with E-state index in [1.54, 1.807) is 26.0 Å². The Balaban J connectivity index is 1.53. The molecule has 0 fully saturated rings. The summed E-state index contributed by atoms with van der Waals surface area (Å²) in [7, 11) is 0. The van der Waals surface area contributed by atoms with Gasteiger partial charge >= 0.3 is 5.97 Å². The third kappa shape index (κ3) is 5.51. The van der Waals surface area contributed by atoms with E-state index in [4.69, 9.17) is 9.15 Å². The molecular formula is C28H28N2O5. The highest BCUT2D eigenvalue weighted by molar-refractivity contribution is 5.96. The minimum absolute atomic E-state index is 0.112. The Morgan fingerprint density at radius 3 is 2.40 bits per heavy atom. The van der Waals surface area contributed by atoms with Gasteiger partial charge in [0.2, 0.25) is 5.91 Å². The van der Waals surface area contributed by atoms with E-state index in [1.165, 1.54) is 4.90 Å². The second-order valence-electron chi connectivity index (χ2n) is 8.30. The first-order valence-corrected chi connectivity index (χ1v) is 11.6. The summed E-state index contributed by atoms with van der Waals surface area (Å²) in [5.41, 5.74) is 2.86. The fraction of sp³-hybridized carbons (Fsp3) is 0.250. The number of nitrogens with one attached hydrogen (secondary N) is 1. The van der Waals surface area contributed by atoms with Crippen molar-refractivity contribution in [3.8, 4) is 0 Å². The van der Waals surface area contributed by atoms with Crippen molar-refractivity contribution in [2.45, 2.75) is 39.3 Å². The molecule has 1 aromatic heterocycles. The Kier molecular flexibility index (Phi) is 7.45. The number of ether oxygens (including phenoxy) is 1. The Morgan fingerprint density at radius 2 is 1.71 bits per heavy atom. The van der Waals surface area contributed by atoms with Crippen LogP contribution >= 0.6 is 0 Å². The molecule has 7 nitrogen and oxygen atoms in total. The zero-order valence-electron chi connectivity index (χ0n) is 19.8. The van der Waals surface area contributed by atoms with Crippen LogP contribution in [0.15, 0.2) is 88.5 Å². The largest absolute Gasteiger partial charge is 0.463 e. The second kappa shape index (κ2) is 10.9. The van der Waals surface area contributed by atoms with E-state index >= 15 is 0 Å². The van der Waals surface area contributed by atoms with Crippen LogP contribution in [0.5, 0.6) is 0 Å². The van der Waals surface area contributed by atoms with Crippen LogP contribution in [0.1, 0.15) is 53.6 Å². The number of hydrogen-bond donors (Lipinski definition) is 1. The second-order valence-corrected chi connectivity index (χ2v) is 8.30.